The number of aromatic nitrogens is 5. The molecule has 8 nitrogen and oxygen atoms in total. The molecule has 0 aromatic carbocycles. The van der Waals surface area contributed by atoms with Crippen molar-refractivity contribution in [1.82, 2.24) is 24.5 Å². The van der Waals surface area contributed by atoms with Crippen molar-refractivity contribution in [3.63, 3.8) is 0 Å². The van der Waals surface area contributed by atoms with Crippen LogP contribution in [0.25, 0.3) is 0 Å². The van der Waals surface area contributed by atoms with Crippen LogP contribution in [-0.2, 0) is 11.8 Å². The van der Waals surface area contributed by atoms with Crippen molar-refractivity contribution < 1.29 is 4.79 Å². The van der Waals surface area contributed by atoms with E-state index in [2.05, 4.69) is 20.5 Å². The number of amides is 1. The minimum Gasteiger partial charge on any atom is -0.306 e. The topological polar surface area (TPSA) is 101 Å². The van der Waals surface area contributed by atoms with Crippen molar-refractivity contribution in [2.24, 2.45) is 7.05 Å². The second kappa shape index (κ2) is 4.67. The van der Waals surface area contributed by atoms with Crippen LogP contribution in [0.4, 0.5) is 5.82 Å². The van der Waals surface area contributed by atoms with E-state index >= 15 is 0 Å². The monoisotopic (exact) mass is 245 g/mol. The van der Waals surface area contributed by atoms with E-state index in [0.717, 1.165) is 0 Å². The number of anilines is 1. The Morgan fingerprint density at radius 1 is 1.61 bits per heavy atom. The van der Waals surface area contributed by atoms with Gasteiger partial charge in [-0.15, -0.1) is 0 Å². The molecule has 2 rings (SSSR count). The van der Waals surface area contributed by atoms with Gasteiger partial charge in [-0.1, -0.05) is 0 Å². The fourth-order valence-corrected chi connectivity index (χ4v) is 1.42. The summed E-state index contributed by atoms with van der Waals surface area (Å²) in [4.78, 5) is 15.7. The quantitative estimate of drug-likeness (QED) is 0.825. The molecule has 1 N–H and O–H groups in total. The van der Waals surface area contributed by atoms with E-state index in [0.29, 0.717) is 5.56 Å². The fraction of sp³-hybridized carbons (Fsp3) is 0.300. The minimum absolute atomic E-state index is 0.247. The van der Waals surface area contributed by atoms with Crippen molar-refractivity contribution in [3.05, 3.63) is 24.4 Å². The summed E-state index contributed by atoms with van der Waals surface area (Å²) in [5, 5.41) is 19.4. The molecule has 18 heavy (non-hydrogen) atoms. The minimum atomic E-state index is -0.527. The Hall–Kier alpha value is -2.69. The van der Waals surface area contributed by atoms with Crippen LogP contribution in [0.3, 0.4) is 0 Å². The Morgan fingerprint density at radius 3 is 3.00 bits per heavy atom. The number of hydrogen-bond donors (Lipinski definition) is 1. The van der Waals surface area contributed by atoms with Gasteiger partial charge in [0.05, 0.1) is 0 Å². The van der Waals surface area contributed by atoms with Crippen LogP contribution in [-0.4, -0.2) is 30.5 Å². The number of carbonyl (C=O) groups excluding carboxylic acids is 1. The first-order valence-electron chi connectivity index (χ1n) is 5.20. The summed E-state index contributed by atoms with van der Waals surface area (Å²) >= 11 is 0. The van der Waals surface area contributed by atoms with Crippen molar-refractivity contribution in [3.8, 4) is 6.07 Å². The van der Waals surface area contributed by atoms with Gasteiger partial charge in [0.15, 0.2) is 5.82 Å². The molecule has 1 atom stereocenters. The Kier molecular flexibility index (Phi) is 3.05. The largest absolute Gasteiger partial charge is 0.306 e. The summed E-state index contributed by atoms with van der Waals surface area (Å²) in [6.07, 6.45) is 4.34. The molecule has 0 fully saturated rings. The van der Waals surface area contributed by atoms with Crippen molar-refractivity contribution in [1.29, 1.82) is 5.26 Å². The van der Waals surface area contributed by atoms with Crippen LogP contribution in [0, 0.1) is 11.3 Å². The van der Waals surface area contributed by atoms with Crippen LogP contribution >= 0.6 is 0 Å². The van der Waals surface area contributed by atoms with Crippen LogP contribution in [0.5, 0.6) is 0 Å². The summed E-state index contributed by atoms with van der Waals surface area (Å²) in [6, 6.07) is 1.44. The Morgan fingerprint density at radius 2 is 2.39 bits per heavy atom. The van der Waals surface area contributed by atoms with Gasteiger partial charge in [0, 0.05) is 13.2 Å². The molecule has 0 aliphatic rings. The maximum absolute atomic E-state index is 11.9. The van der Waals surface area contributed by atoms with Gasteiger partial charge in [-0.2, -0.15) is 15.5 Å². The van der Waals surface area contributed by atoms with Gasteiger partial charge >= 0.3 is 0 Å². The number of nitrogens with zero attached hydrogens (tertiary/aromatic N) is 6. The van der Waals surface area contributed by atoms with Crippen LogP contribution in [0.1, 0.15) is 18.5 Å². The highest BCUT2D eigenvalue weighted by Crippen LogP contribution is 2.13. The van der Waals surface area contributed by atoms with Crippen LogP contribution in [0.2, 0.25) is 0 Å². The van der Waals surface area contributed by atoms with E-state index in [1.165, 1.54) is 28.2 Å². The van der Waals surface area contributed by atoms with Crippen molar-refractivity contribution >= 4 is 11.7 Å². The molecule has 0 saturated carbocycles. The van der Waals surface area contributed by atoms with Crippen LogP contribution < -0.4 is 5.32 Å². The third kappa shape index (κ3) is 2.20. The van der Waals surface area contributed by atoms with Gasteiger partial charge < -0.3 is 5.32 Å². The number of hydrogen-bond acceptors (Lipinski definition) is 5. The third-order valence-corrected chi connectivity index (χ3v) is 2.40. The van der Waals surface area contributed by atoms with E-state index in [1.807, 2.05) is 6.07 Å². The van der Waals surface area contributed by atoms with Crippen LogP contribution in [0.15, 0.2) is 18.9 Å². The number of carbonyl (C=O) groups is 1. The Bertz CT molecular complexity index is 592. The lowest BCUT2D eigenvalue weighted by Crippen LogP contribution is -2.24. The highest BCUT2D eigenvalue weighted by molar-refractivity contribution is 5.93. The molecule has 0 saturated heterocycles. The average Bonchev–Trinajstić information content (AvgIpc) is 2.97. The highest BCUT2D eigenvalue weighted by atomic mass is 16.2. The van der Waals surface area contributed by atoms with Crippen molar-refractivity contribution in [2.45, 2.75) is 13.0 Å². The Labute approximate surface area is 103 Å². The van der Waals surface area contributed by atoms with Gasteiger partial charge in [-0.3, -0.25) is 9.48 Å². The molecule has 0 radical (unpaired) electrons. The lowest BCUT2D eigenvalue weighted by molar-refractivity contribution is -0.119. The molecule has 0 spiro atoms. The normalized spacial score (nSPS) is 11.8. The highest BCUT2D eigenvalue weighted by Gasteiger charge is 2.18. The van der Waals surface area contributed by atoms with Crippen molar-refractivity contribution in [2.75, 3.05) is 5.32 Å². The first-order chi connectivity index (χ1) is 8.61. The summed E-state index contributed by atoms with van der Waals surface area (Å²) in [7, 11) is 1.68. The number of nitrogens with one attached hydrogen (secondary N) is 1. The predicted molar refractivity (Wildman–Crippen MR) is 61.3 cm³/mol. The second-order valence-electron chi connectivity index (χ2n) is 3.72. The SMILES string of the molecule is CC(C(=O)Nc1nn(C)cc1C#N)n1cncn1. The molecule has 1 unspecified atom stereocenters. The zero-order chi connectivity index (χ0) is 13.1. The van der Waals surface area contributed by atoms with E-state index in [-0.39, 0.29) is 11.7 Å². The predicted octanol–water partition coefficient (Wildman–Crippen LogP) is 0.0830. The van der Waals surface area contributed by atoms with E-state index < -0.39 is 6.04 Å². The van der Waals surface area contributed by atoms with E-state index in [4.69, 9.17) is 5.26 Å². The lowest BCUT2D eigenvalue weighted by atomic mass is 10.3. The van der Waals surface area contributed by atoms with Gasteiger partial charge in [0.1, 0.15) is 30.3 Å². The maximum atomic E-state index is 11.9. The number of nitriles is 1. The van der Waals surface area contributed by atoms with Gasteiger partial charge in [-0.25, -0.2) is 9.67 Å². The first-order valence-corrected chi connectivity index (χ1v) is 5.20. The lowest BCUT2D eigenvalue weighted by Gasteiger charge is -2.10. The molecular weight excluding hydrogens is 234 g/mol. The summed E-state index contributed by atoms with van der Waals surface area (Å²) in [5.74, 6) is -0.0623. The van der Waals surface area contributed by atoms with Gasteiger partial charge in [-0.05, 0) is 6.92 Å². The standard InChI is InChI=1S/C10H11N7O/c1-7(17-6-12-5-13-17)10(18)14-9-8(3-11)4-16(2)15-9/h4-7H,1-2H3,(H,14,15,18). The molecule has 2 heterocycles. The molecule has 8 heteroatoms. The zero-order valence-electron chi connectivity index (χ0n) is 9.90. The van der Waals surface area contributed by atoms with Gasteiger partial charge in [0.25, 0.3) is 0 Å². The molecular formula is C10H11N7O. The molecule has 2 aromatic rings. The summed E-state index contributed by atoms with van der Waals surface area (Å²) < 4.78 is 2.89. The molecule has 1 amide bonds. The second-order valence-corrected chi connectivity index (χ2v) is 3.72. The number of rotatable bonds is 3. The molecule has 92 valence electrons. The molecule has 0 aliphatic heterocycles. The Balaban J connectivity index is 2.14. The van der Waals surface area contributed by atoms with E-state index in [9.17, 15) is 4.79 Å². The van der Waals surface area contributed by atoms with Gasteiger partial charge in [0.2, 0.25) is 5.91 Å². The van der Waals surface area contributed by atoms with E-state index in [1.54, 1.807) is 14.0 Å². The number of aryl methyl sites for hydroxylation is 1. The molecule has 2 aromatic heterocycles. The zero-order valence-corrected chi connectivity index (χ0v) is 9.90. The fourth-order valence-electron chi connectivity index (χ4n) is 1.42. The smallest absolute Gasteiger partial charge is 0.250 e. The first kappa shape index (κ1) is 11.8. The molecule has 0 bridgehead atoms. The third-order valence-electron chi connectivity index (χ3n) is 2.40. The average molecular weight is 245 g/mol. The summed E-state index contributed by atoms with van der Waals surface area (Å²) in [6.45, 7) is 1.68. The maximum Gasteiger partial charge on any atom is 0.250 e. The summed E-state index contributed by atoms with van der Waals surface area (Å²) in [5.41, 5.74) is 0.316. The molecule has 0 aliphatic carbocycles.